The molecule has 0 aliphatic carbocycles. The number of hydrogen-bond donors (Lipinski definition) is 2. The van der Waals surface area contributed by atoms with Crippen LogP contribution in [0, 0.1) is 0 Å². The van der Waals surface area contributed by atoms with Crippen LogP contribution in [0.4, 0.5) is 5.69 Å². The third kappa shape index (κ3) is 2.47. The minimum atomic E-state index is -0.125. The Kier molecular flexibility index (Phi) is 3.31. The van der Waals surface area contributed by atoms with Crippen LogP contribution in [-0.4, -0.2) is 22.8 Å². The summed E-state index contributed by atoms with van der Waals surface area (Å²) in [4.78, 5) is 10.1. The number of carbonyl (C=O) groups is 1. The van der Waals surface area contributed by atoms with Gasteiger partial charge in [0.05, 0.1) is 17.6 Å². The first-order valence-corrected chi connectivity index (χ1v) is 4.14. The van der Waals surface area contributed by atoms with E-state index in [4.69, 9.17) is 10.5 Å². The number of nitrogen functional groups attached to an aromatic ring is 1. The van der Waals surface area contributed by atoms with Gasteiger partial charge in [0.15, 0.2) is 0 Å². The summed E-state index contributed by atoms with van der Waals surface area (Å²) < 4.78 is 4.84. The predicted octanol–water partition coefficient (Wildman–Crippen LogP) is 0.486. The highest BCUT2D eigenvalue weighted by molar-refractivity contribution is 5.41. The van der Waals surface area contributed by atoms with Crippen molar-refractivity contribution in [2.24, 2.45) is 0 Å². The molecule has 0 radical (unpaired) electrons. The summed E-state index contributed by atoms with van der Waals surface area (Å²) in [6.07, 6.45) is 2.77. The van der Waals surface area contributed by atoms with E-state index in [9.17, 15) is 4.79 Å². The number of anilines is 1. The fourth-order valence-corrected chi connectivity index (χ4v) is 1.08. The molecule has 0 aliphatic heterocycles. The second-order valence-corrected chi connectivity index (χ2v) is 2.77. The van der Waals surface area contributed by atoms with Gasteiger partial charge in [0.1, 0.15) is 6.10 Å². The summed E-state index contributed by atoms with van der Waals surface area (Å²) in [5.74, 6) is 0. The Bertz CT molecular complexity index is 272. The summed E-state index contributed by atoms with van der Waals surface area (Å²) >= 11 is 0. The molecule has 72 valence electrons. The molecule has 13 heavy (non-hydrogen) atoms. The number of nitrogens with zero attached hydrogens (tertiary/aromatic N) is 1. The zero-order chi connectivity index (χ0) is 9.68. The molecule has 5 heteroatoms. The zero-order valence-corrected chi connectivity index (χ0v) is 7.49. The van der Waals surface area contributed by atoms with Gasteiger partial charge < -0.3 is 10.5 Å². The maximum Gasteiger partial charge on any atom is 0.293 e. The number of nitrogens with two attached hydrogens (primary N) is 1. The molecular formula is C8H13N3O2. The molecule has 1 heterocycles. The molecule has 3 N–H and O–H groups in total. The number of nitrogens with one attached hydrogen (secondary N) is 1. The van der Waals surface area contributed by atoms with Gasteiger partial charge in [-0.3, -0.25) is 9.89 Å². The van der Waals surface area contributed by atoms with Gasteiger partial charge in [0, 0.05) is 6.42 Å². The molecule has 0 spiro atoms. The third-order valence-electron chi connectivity index (χ3n) is 1.89. The van der Waals surface area contributed by atoms with E-state index in [1.165, 1.54) is 0 Å². The van der Waals surface area contributed by atoms with Gasteiger partial charge in [0.25, 0.3) is 6.47 Å². The third-order valence-corrected chi connectivity index (χ3v) is 1.89. The van der Waals surface area contributed by atoms with Gasteiger partial charge in [-0.1, -0.05) is 6.92 Å². The Hall–Kier alpha value is -1.52. The molecule has 5 nitrogen and oxygen atoms in total. The molecule has 1 atom stereocenters. The van der Waals surface area contributed by atoms with E-state index in [-0.39, 0.29) is 6.10 Å². The number of ether oxygens (including phenoxy) is 1. The van der Waals surface area contributed by atoms with Crippen LogP contribution in [0.5, 0.6) is 0 Å². The van der Waals surface area contributed by atoms with Crippen molar-refractivity contribution in [2.75, 3.05) is 5.73 Å². The maximum absolute atomic E-state index is 10.1. The van der Waals surface area contributed by atoms with E-state index < -0.39 is 0 Å². The minimum Gasteiger partial charge on any atom is -0.464 e. The topological polar surface area (TPSA) is 81.0 Å². The zero-order valence-electron chi connectivity index (χ0n) is 7.49. The van der Waals surface area contributed by atoms with Gasteiger partial charge in [0.2, 0.25) is 0 Å². The van der Waals surface area contributed by atoms with E-state index in [1.54, 1.807) is 6.20 Å². The van der Waals surface area contributed by atoms with E-state index in [0.29, 0.717) is 18.6 Å². The van der Waals surface area contributed by atoms with E-state index in [1.807, 2.05) is 6.92 Å². The van der Waals surface area contributed by atoms with Crippen molar-refractivity contribution in [3.05, 3.63) is 11.9 Å². The first-order chi connectivity index (χ1) is 6.27. The van der Waals surface area contributed by atoms with Crippen LogP contribution in [0.1, 0.15) is 19.0 Å². The van der Waals surface area contributed by atoms with Gasteiger partial charge in [-0.05, 0) is 6.42 Å². The number of hydrogen-bond acceptors (Lipinski definition) is 4. The average molecular weight is 183 g/mol. The fraction of sp³-hybridized carbons (Fsp3) is 0.500. The fourth-order valence-electron chi connectivity index (χ4n) is 1.08. The highest BCUT2D eigenvalue weighted by Crippen LogP contribution is 2.11. The molecule has 0 amide bonds. The molecule has 0 bridgehead atoms. The molecule has 0 fully saturated rings. The smallest absolute Gasteiger partial charge is 0.293 e. The Balaban J connectivity index is 2.55. The molecule has 0 saturated carbocycles. The largest absolute Gasteiger partial charge is 0.464 e. The Labute approximate surface area is 76.3 Å². The first-order valence-electron chi connectivity index (χ1n) is 4.14. The van der Waals surface area contributed by atoms with E-state index in [2.05, 4.69) is 10.2 Å². The molecule has 0 aromatic carbocycles. The first kappa shape index (κ1) is 9.57. The standard InChI is InChI=1S/C8H13N3O2/c1-2-6(13-5-12)3-8-7(9)4-10-11-8/h4-6H,2-3,9H2,1H3,(H,10,11). The van der Waals surface area contributed by atoms with Crippen LogP contribution in [0.25, 0.3) is 0 Å². The summed E-state index contributed by atoms with van der Waals surface area (Å²) in [5.41, 5.74) is 7.02. The lowest BCUT2D eigenvalue weighted by Gasteiger charge is -2.11. The van der Waals surface area contributed by atoms with E-state index >= 15 is 0 Å². The highest BCUT2D eigenvalue weighted by Gasteiger charge is 2.10. The maximum atomic E-state index is 10.1. The Morgan fingerprint density at radius 2 is 2.62 bits per heavy atom. The number of carbonyl (C=O) groups excluding carboxylic acids is 1. The molecule has 1 aromatic rings. The second kappa shape index (κ2) is 4.49. The number of H-pyrrole nitrogens is 1. The monoisotopic (exact) mass is 183 g/mol. The minimum absolute atomic E-state index is 0.125. The van der Waals surface area contributed by atoms with Crippen molar-refractivity contribution >= 4 is 12.2 Å². The van der Waals surface area contributed by atoms with Gasteiger partial charge in [-0.15, -0.1) is 0 Å². The predicted molar refractivity (Wildman–Crippen MR) is 47.9 cm³/mol. The SMILES string of the molecule is CCC(Cc1[nH]ncc1N)OC=O. The van der Waals surface area contributed by atoms with Crippen molar-refractivity contribution < 1.29 is 9.53 Å². The van der Waals surface area contributed by atoms with Crippen molar-refractivity contribution in [3.63, 3.8) is 0 Å². The lowest BCUT2D eigenvalue weighted by molar-refractivity contribution is -0.133. The van der Waals surface area contributed by atoms with Crippen molar-refractivity contribution in [2.45, 2.75) is 25.9 Å². The van der Waals surface area contributed by atoms with Crippen LogP contribution in [-0.2, 0) is 16.0 Å². The van der Waals surface area contributed by atoms with Crippen LogP contribution in [0.15, 0.2) is 6.20 Å². The Morgan fingerprint density at radius 1 is 1.85 bits per heavy atom. The van der Waals surface area contributed by atoms with Crippen molar-refractivity contribution in [1.82, 2.24) is 10.2 Å². The highest BCUT2D eigenvalue weighted by atomic mass is 16.5. The lowest BCUT2D eigenvalue weighted by atomic mass is 10.1. The number of aromatic nitrogens is 2. The normalized spacial score (nSPS) is 12.4. The van der Waals surface area contributed by atoms with Crippen LogP contribution < -0.4 is 5.73 Å². The quantitative estimate of drug-likeness (QED) is 0.651. The van der Waals surface area contributed by atoms with Crippen molar-refractivity contribution in [3.8, 4) is 0 Å². The van der Waals surface area contributed by atoms with Crippen LogP contribution in [0.3, 0.4) is 0 Å². The number of rotatable bonds is 5. The van der Waals surface area contributed by atoms with Crippen molar-refractivity contribution in [1.29, 1.82) is 0 Å². The summed E-state index contributed by atoms with van der Waals surface area (Å²) in [6.45, 7) is 2.40. The molecule has 1 aromatic heterocycles. The molecule has 0 saturated heterocycles. The molecule has 1 rings (SSSR count). The second-order valence-electron chi connectivity index (χ2n) is 2.77. The molecular weight excluding hydrogens is 170 g/mol. The average Bonchev–Trinajstić information content (AvgIpc) is 2.51. The molecule has 0 aliphatic rings. The van der Waals surface area contributed by atoms with Gasteiger partial charge in [-0.25, -0.2) is 0 Å². The van der Waals surface area contributed by atoms with Gasteiger partial charge in [-0.2, -0.15) is 5.10 Å². The Morgan fingerprint density at radius 3 is 3.08 bits per heavy atom. The molecule has 1 unspecified atom stereocenters. The number of aromatic amines is 1. The summed E-state index contributed by atoms with van der Waals surface area (Å²) in [5, 5.41) is 6.53. The lowest BCUT2D eigenvalue weighted by Crippen LogP contribution is -2.15. The van der Waals surface area contributed by atoms with Gasteiger partial charge >= 0.3 is 0 Å². The van der Waals surface area contributed by atoms with Crippen LogP contribution in [0.2, 0.25) is 0 Å². The summed E-state index contributed by atoms with van der Waals surface area (Å²) in [6, 6.07) is 0. The van der Waals surface area contributed by atoms with Crippen LogP contribution >= 0.6 is 0 Å². The van der Waals surface area contributed by atoms with E-state index in [0.717, 1.165) is 12.1 Å². The summed E-state index contributed by atoms with van der Waals surface area (Å²) in [7, 11) is 0.